The van der Waals surface area contributed by atoms with E-state index in [1.165, 1.54) is 9.18 Å². The summed E-state index contributed by atoms with van der Waals surface area (Å²) in [6.07, 6.45) is 4.40. The van der Waals surface area contributed by atoms with Gasteiger partial charge in [-0.05, 0) is 25.0 Å². The van der Waals surface area contributed by atoms with Gasteiger partial charge in [-0.3, -0.25) is 5.10 Å². The van der Waals surface area contributed by atoms with Crippen LogP contribution in [0.25, 0.3) is 11.1 Å². The zero-order valence-electron chi connectivity index (χ0n) is 11.3. The van der Waals surface area contributed by atoms with Gasteiger partial charge in [-0.1, -0.05) is 0 Å². The lowest BCUT2D eigenvalue weighted by molar-refractivity contribution is 0.384. The minimum Gasteiger partial charge on any atom is -0.285 e. The van der Waals surface area contributed by atoms with E-state index < -0.39 is 10.2 Å². The van der Waals surface area contributed by atoms with Gasteiger partial charge in [-0.25, -0.2) is 0 Å². The molecule has 20 heavy (non-hydrogen) atoms. The maximum atomic E-state index is 11.9. The van der Waals surface area contributed by atoms with Gasteiger partial charge in [0.05, 0.1) is 12.2 Å². The smallest absolute Gasteiger partial charge is 0.279 e. The van der Waals surface area contributed by atoms with Gasteiger partial charge in [0, 0.05) is 35.1 Å². The van der Waals surface area contributed by atoms with Gasteiger partial charge in [0.2, 0.25) is 0 Å². The SMILES string of the molecule is Cc1sc([C@@H]2CCN(C)S(=O)(=O)N2)cc1-c1cn[nH]c1. The molecule has 1 aliphatic rings. The highest BCUT2D eigenvalue weighted by Crippen LogP contribution is 2.36. The molecule has 108 valence electrons. The van der Waals surface area contributed by atoms with Crippen LogP contribution in [0.2, 0.25) is 0 Å². The highest BCUT2D eigenvalue weighted by molar-refractivity contribution is 7.87. The zero-order chi connectivity index (χ0) is 14.3. The fourth-order valence-electron chi connectivity index (χ4n) is 2.32. The van der Waals surface area contributed by atoms with Crippen molar-refractivity contribution in [2.75, 3.05) is 13.6 Å². The molecule has 0 unspecified atom stereocenters. The Morgan fingerprint density at radius 2 is 2.30 bits per heavy atom. The number of aromatic amines is 1. The Hall–Kier alpha value is -1.22. The van der Waals surface area contributed by atoms with E-state index in [1.807, 2.05) is 13.1 Å². The van der Waals surface area contributed by atoms with E-state index in [4.69, 9.17) is 0 Å². The van der Waals surface area contributed by atoms with Crippen LogP contribution >= 0.6 is 11.3 Å². The van der Waals surface area contributed by atoms with E-state index in [0.29, 0.717) is 6.54 Å². The van der Waals surface area contributed by atoms with Crippen LogP contribution in [-0.4, -0.2) is 36.5 Å². The van der Waals surface area contributed by atoms with Crippen molar-refractivity contribution in [2.24, 2.45) is 0 Å². The van der Waals surface area contributed by atoms with Crippen molar-refractivity contribution in [3.05, 3.63) is 28.2 Å². The lowest BCUT2D eigenvalue weighted by Gasteiger charge is -2.29. The van der Waals surface area contributed by atoms with Crippen molar-refractivity contribution in [1.29, 1.82) is 0 Å². The summed E-state index contributed by atoms with van der Waals surface area (Å²) >= 11 is 1.63. The number of aromatic nitrogens is 2. The monoisotopic (exact) mass is 312 g/mol. The van der Waals surface area contributed by atoms with Gasteiger partial charge in [0.15, 0.2) is 0 Å². The van der Waals surface area contributed by atoms with Crippen LogP contribution in [0.15, 0.2) is 18.5 Å². The van der Waals surface area contributed by atoms with Crippen molar-refractivity contribution in [3.63, 3.8) is 0 Å². The van der Waals surface area contributed by atoms with E-state index in [1.54, 1.807) is 24.6 Å². The second kappa shape index (κ2) is 4.96. The number of aryl methyl sites for hydroxylation is 1. The summed E-state index contributed by atoms with van der Waals surface area (Å²) in [7, 11) is -1.75. The molecule has 1 fully saturated rings. The first-order valence-corrected chi connectivity index (χ1v) is 8.56. The minimum absolute atomic E-state index is 0.138. The van der Waals surface area contributed by atoms with E-state index in [9.17, 15) is 8.42 Å². The van der Waals surface area contributed by atoms with Crippen molar-refractivity contribution in [1.82, 2.24) is 19.2 Å². The van der Waals surface area contributed by atoms with Crippen molar-refractivity contribution in [2.45, 2.75) is 19.4 Å². The number of hydrogen-bond donors (Lipinski definition) is 2. The standard InChI is InChI=1S/C12H16N4O2S2/c1-8-10(9-6-13-14-7-9)5-12(19-8)11-3-4-16(2)20(17,18)15-11/h5-7,11,15H,3-4H2,1-2H3,(H,13,14)/t11-/m0/s1. The van der Waals surface area contributed by atoms with Crippen LogP contribution in [-0.2, 0) is 10.2 Å². The summed E-state index contributed by atoms with van der Waals surface area (Å²) in [5.41, 5.74) is 2.14. The molecule has 0 aliphatic carbocycles. The van der Waals surface area contributed by atoms with Gasteiger partial charge in [-0.15, -0.1) is 11.3 Å². The van der Waals surface area contributed by atoms with Crippen molar-refractivity contribution < 1.29 is 8.42 Å². The molecule has 2 N–H and O–H groups in total. The molecule has 6 nitrogen and oxygen atoms in total. The highest BCUT2D eigenvalue weighted by Gasteiger charge is 2.30. The van der Waals surface area contributed by atoms with Crippen LogP contribution in [0.3, 0.4) is 0 Å². The van der Waals surface area contributed by atoms with E-state index in [2.05, 4.69) is 21.0 Å². The molecule has 1 saturated heterocycles. The van der Waals surface area contributed by atoms with Crippen LogP contribution in [0.5, 0.6) is 0 Å². The molecular formula is C12H16N4O2S2. The fourth-order valence-corrected chi connectivity index (χ4v) is 4.66. The third kappa shape index (κ3) is 2.39. The maximum Gasteiger partial charge on any atom is 0.279 e. The number of H-pyrrole nitrogens is 1. The first-order chi connectivity index (χ1) is 9.47. The summed E-state index contributed by atoms with van der Waals surface area (Å²) in [6, 6.07) is 1.92. The number of thiophene rings is 1. The molecule has 2 aromatic rings. The molecule has 0 spiro atoms. The van der Waals surface area contributed by atoms with Crippen LogP contribution in [0.4, 0.5) is 0 Å². The summed E-state index contributed by atoms with van der Waals surface area (Å²) in [6.45, 7) is 2.58. The molecule has 0 bridgehead atoms. The van der Waals surface area contributed by atoms with E-state index in [0.717, 1.165) is 22.4 Å². The van der Waals surface area contributed by atoms with Gasteiger partial charge in [-0.2, -0.15) is 22.5 Å². The average Bonchev–Trinajstić information content (AvgIpc) is 3.01. The van der Waals surface area contributed by atoms with E-state index in [-0.39, 0.29) is 6.04 Å². The predicted octanol–water partition coefficient (Wildman–Crippen LogP) is 1.66. The summed E-state index contributed by atoms with van der Waals surface area (Å²) in [5, 5.41) is 6.76. The fraction of sp³-hybridized carbons (Fsp3) is 0.417. The molecule has 2 aromatic heterocycles. The molecule has 3 heterocycles. The largest absolute Gasteiger partial charge is 0.285 e. The average molecular weight is 312 g/mol. The topological polar surface area (TPSA) is 78.1 Å². The Balaban J connectivity index is 1.91. The number of nitrogens with zero attached hydrogens (tertiary/aromatic N) is 2. The van der Waals surface area contributed by atoms with Gasteiger partial charge in [0.25, 0.3) is 10.2 Å². The molecule has 0 saturated carbocycles. The van der Waals surface area contributed by atoms with Gasteiger partial charge in [0.1, 0.15) is 0 Å². The van der Waals surface area contributed by atoms with Crippen molar-refractivity contribution >= 4 is 21.5 Å². The number of rotatable bonds is 2. The van der Waals surface area contributed by atoms with Gasteiger partial charge >= 0.3 is 0 Å². The van der Waals surface area contributed by atoms with E-state index >= 15 is 0 Å². The Kier molecular flexibility index (Phi) is 3.41. The summed E-state index contributed by atoms with van der Waals surface area (Å²) in [4.78, 5) is 2.22. The third-order valence-electron chi connectivity index (χ3n) is 3.52. The molecule has 1 aliphatic heterocycles. The molecular weight excluding hydrogens is 296 g/mol. The van der Waals surface area contributed by atoms with Crippen LogP contribution < -0.4 is 4.72 Å². The van der Waals surface area contributed by atoms with Crippen LogP contribution in [0, 0.1) is 6.92 Å². The molecule has 0 amide bonds. The first-order valence-electron chi connectivity index (χ1n) is 6.30. The molecule has 0 radical (unpaired) electrons. The van der Waals surface area contributed by atoms with Gasteiger partial charge < -0.3 is 0 Å². The Bertz CT molecular complexity index is 706. The van der Waals surface area contributed by atoms with Crippen LogP contribution in [0.1, 0.15) is 22.2 Å². The summed E-state index contributed by atoms with van der Waals surface area (Å²) < 4.78 is 27.9. The Morgan fingerprint density at radius 1 is 1.50 bits per heavy atom. The molecule has 1 atom stereocenters. The Labute approximate surface area is 122 Å². The lowest BCUT2D eigenvalue weighted by atomic mass is 10.1. The number of hydrogen-bond acceptors (Lipinski definition) is 4. The zero-order valence-corrected chi connectivity index (χ0v) is 12.9. The second-order valence-electron chi connectivity index (χ2n) is 4.89. The molecule has 3 rings (SSSR count). The Morgan fingerprint density at radius 3 is 2.95 bits per heavy atom. The lowest BCUT2D eigenvalue weighted by Crippen LogP contribution is -2.46. The highest BCUT2D eigenvalue weighted by atomic mass is 32.2. The normalized spacial score (nSPS) is 23.0. The summed E-state index contributed by atoms with van der Waals surface area (Å²) in [5.74, 6) is 0. The quantitative estimate of drug-likeness (QED) is 0.885. The first kappa shape index (κ1) is 13.7. The maximum absolute atomic E-state index is 11.9. The second-order valence-corrected chi connectivity index (χ2v) is 7.99. The molecule has 8 heteroatoms. The minimum atomic E-state index is -3.34. The molecule has 0 aromatic carbocycles. The van der Waals surface area contributed by atoms with Crippen molar-refractivity contribution in [3.8, 4) is 11.1 Å². The number of nitrogens with one attached hydrogen (secondary N) is 2. The predicted molar refractivity (Wildman–Crippen MR) is 78.7 cm³/mol. The third-order valence-corrected chi connectivity index (χ3v) is 6.27.